The van der Waals surface area contributed by atoms with Crippen LogP contribution in [-0.2, 0) is 24.7 Å². The first-order valence-electron chi connectivity index (χ1n) is 15.6. The van der Waals surface area contributed by atoms with E-state index >= 15 is 0 Å². The zero-order valence-electron chi connectivity index (χ0n) is 26.5. The Hall–Kier alpha value is -6.06. The van der Waals surface area contributed by atoms with Gasteiger partial charge in [-0.3, -0.25) is 0 Å². The highest BCUT2D eigenvalue weighted by molar-refractivity contribution is 7.14. The zero-order chi connectivity index (χ0) is 34.1. The van der Waals surface area contributed by atoms with Gasteiger partial charge in [0.25, 0.3) is 0 Å². The number of nitrogens with zero attached hydrogens (tertiary/aromatic N) is 2. The third kappa shape index (κ3) is 7.42. The highest BCUT2D eigenvalue weighted by atomic mass is 32.1. The number of hydrogen-bond donors (Lipinski definition) is 2. The Morgan fingerprint density at radius 1 is 0.714 bits per heavy atom. The molecular formula is C40H33N3O5S. The van der Waals surface area contributed by atoms with Crippen molar-refractivity contribution >= 4 is 34.1 Å². The van der Waals surface area contributed by atoms with Crippen molar-refractivity contribution in [2.24, 2.45) is 5.16 Å². The van der Waals surface area contributed by atoms with Gasteiger partial charge in [0.05, 0.1) is 0 Å². The fourth-order valence-electron chi connectivity index (χ4n) is 5.55. The molecule has 9 heteroatoms. The van der Waals surface area contributed by atoms with Crippen molar-refractivity contribution in [3.05, 3.63) is 191 Å². The molecule has 0 unspecified atom stereocenters. The minimum atomic E-state index is -1.36. The Kier molecular flexibility index (Phi) is 10.2. The SMILES string of the molecule is C[C@H](ON=C(C(=O)O)c1csc(NC(c2ccccc2)(c2ccccc2)c2ccccc2)n1)C(=O)OC(c1ccccc1)c1ccccc1. The Morgan fingerprint density at radius 2 is 1.14 bits per heavy atom. The molecule has 2 N–H and O–H groups in total. The third-order valence-electron chi connectivity index (χ3n) is 7.94. The van der Waals surface area contributed by atoms with Crippen molar-refractivity contribution in [2.75, 3.05) is 5.32 Å². The lowest BCUT2D eigenvalue weighted by Gasteiger charge is -2.36. The van der Waals surface area contributed by atoms with Gasteiger partial charge in [-0.2, -0.15) is 0 Å². The summed E-state index contributed by atoms with van der Waals surface area (Å²) in [5.74, 6) is -2.06. The number of nitrogens with one attached hydrogen (secondary N) is 1. The number of aromatic nitrogens is 1. The topological polar surface area (TPSA) is 110 Å². The molecule has 1 atom stereocenters. The van der Waals surface area contributed by atoms with E-state index in [1.165, 1.54) is 18.3 Å². The van der Waals surface area contributed by atoms with Crippen LogP contribution in [0.2, 0.25) is 0 Å². The van der Waals surface area contributed by atoms with E-state index < -0.39 is 35.4 Å². The molecule has 0 aliphatic rings. The fourth-order valence-corrected chi connectivity index (χ4v) is 6.30. The summed E-state index contributed by atoms with van der Waals surface area (Å²) in [6.07, 6.45) is -1.89. The fraction of sp³-hybridized carbons (Fsp3) is 0.100. The molecule has 5 aromatic carbocycles. The average Bonchev–Trinajstić information content (AvgIpc) is 3.62. The predicted octanol–water partition coefficient (Wildman–Crippen LogP) is 8.07. The van der Waals surface area contributed by atoms with Crippen molar-refractivity contribution in [3.8, 4) is 0 Å². The summed E-state index contributed by atoms with van der Waals surface area (Å²) in [7, 11) is 0. The number of hydrogen-bond acceptors (Lipinski definition) is 8. The van der Waals surface area contributed by atoms with Crippen molar-refractivity contribution < 1.29 is 24.3 Å². The van der Waals surface area contributed by atoms with E-state index in [0.717, 1.165) is 27.8 Å². The van der Waals surface area contributed by atoms with Crippen LogP contribution in [0.3, 0.4) is 0 Å². The molecule has 0 saturated heterocycles. The van der Waals surface area contributed by atoms with Gasteiger partial charge in [-0.1, -0.05) is 157 Å². The monoisotopic (exact) mass is 667 g/mol. The van der Waals surface area contributed by atoms with Crippen LogP contribution in [0, 0.1) is 0 Å². The summed E-state index contributed by atoms with van der Waals surface area (Å²) in [4.78, 5) is 35.7. The van der Waals surface area contributed by atoms with Crippen molar-refractivity contribution in [1.29, 1.82) is 0 Å². The van der Waals surface area contributed by atoms with Gasteiger partial charge >= 0.3 is 11.9 Å². The second-order valence-corrected chi connectivity index (χ2v) is 12.0. The number of thiazole rings is 1. The lowest BCUT2D eigenvalue weighted by atomic mass is 9.77. The molecule has 0 aliphatic heterocycles. The third-order valence-corrected chi connectivity index (χ3v) is 8.69. The van der Waals surface area contributed by atoms with E-state index in [1.54, 1.807) is 5.38 Å². The molecule has 0 saturated carbocycles. The van der Waals surface area contributed by atoms with Crippen LogP contribution in [0.4, 0.5) is 5.13 Å². The highest BCUT2D eigenvalue weighted by Crippen LogP contribution is 2.40. The van der Waals surface area contributed by atoms with Crippen LogP contribution in [0.1, 0.15) is 46.5 Å². The van der Waals surface area contributed by atoms with Gasteiger partial charge in [-0.15, -0.1) is 11.3 Å². The number of rotatable bonds is 13. The van der Waals surface area contributed by atoms with Gasteiger partial charge in [0.2, 0.25) is 11.8 Å². The quantitative estimate of drug-likeness (QED) is 0.0555. The van der Waals surface area contributed by atoms with Crippen molar-refractivity contribution in [1.82, 2.24) is 4.98 Å². The second-order valence-electron chi connectivity index (χ2n) is 11.1. The van der Waals surface area contributed by atoms with Gasteiger partial charge in [-0.05, 0) is 34.7 Å². The Morgan fingerprint density at radius 3 is 1.57 bits per heavy atom. The molecule has 0 spiro atoms. The molecule has 244 valence electrons. The van der Waals surface area contributed by atoms with E-state index in [4.69, 9.17) is 9.57 Å². The number of esters is 1. The molecule has 8 nitrogen and oxygen atoms in total. The molecule has 6 rings (SSSR count). The van der Waals surface area contributed by atoms with E-state index in [-0.39, 0.29) is 5.69 Å². The summed E-state index contributed by atoms with van der Waals surface area (Å²) in [5, 5.41) is 19.7. The number of carbonyl (C=O) groups excluding carboxylic acids is 1. The van der Waals surface area contributed by atoms with Gasteiger partial charge in [-0.25, -0.2) is 14.6 Å². The van der Waals surface area contributed by atoms with Crippen LogP contribution in [-0.4, -0.2) is 33.8 Å². The average molecular weight is 668 g/mol. The van der Waals surface area contributed by atoms with Crippen LogP contribution >= 0.6 is 11.3 Å². The normalized spacial score (nSPS) is 12.2. The summed E-state index contributed by atoms with van der Waals surface area (Å²) < 4.78 is 5.86. The summed E-state index contributed by atoms with van der Waals surface area (Å²) >= 11 is 1.24. The van der Waals surface area contributed by atoms with Gasteiger partial charge in [0.1, 0.15) is 11.2 Å². The summed E-state index contributed by atoms with van der Waals surface area (Å²) in [6.45, 7) is 1.46. The molecule has 0 bridgehead atoms. The Bertz CT molecular complexity index is 1870. The molecule has 0 radical (unpaired) electrons. The number of carboxylic acids is 1. The van der Waals surface area contributed by atoms with E-state index in [0.29, 0.717) is 5.13 Å². The first kappa shape index (κ1) is 32.9. The lowest BCUT2D eigenvalue weighted by Crippen LogP contribution is -2.38. The highest BCUT2D eigenvalue weighted by Gasteiger charge is 2.37. The number of ether oxygens (including phenoxy) is 1. The maximum Gasteiger partial charge on any atom is 0.360 e. The number of oxime groups is 1. The first-order chi connectivity index (χ1) is 24.0. The van der Waals surface area contributed by atoms with Crippen LogP contribution in [0.5, 0.6) is 0 Å². The Balaban J connectivity index is 1.27. The Labute approximate surface area is 288 Å². The smallest absolute Gasteiger partial charge is 0.360 e. The molecule has 1 heterocycles. The number of anilines is 1. The number of carbonyl (C=O) groups is 2. The van der Waals surface area contributed by atoms with Crippen molar-refractivity contribution in [3.63, 3.8) is 0 Å². The zero-order valence-corrected chi connectivity index (χ0v) is 27.4. The summed E-state index contributed by atoms with van der Waals surface area (Å²) in [5.41, 5.74) is 3.24. The van der Waals surface area contributed by atoms with Gasteiger partial charge in [0.15, 0.2) is 11.2 Å². The molecule has 0 amide bonds. The van der Waals surface area contributed by atoms with Crippen LogP contribution < -0.4 is 5.32 Å². The number of benzene rings is 5. The standard InChI is InChI=1S/C40H33N3O5S/c1-28(38(46)47-36(29-17-7-2-8-18-29)30-19-9-3-10-20-30)48-43-35(37(44)45)34-27-49-39(41-34)42-40(31-21-11-4-12-22-31,32-23-13-5-14-24-32)33-25-15-6-16-26-33/h2-28,36H,1H3,(H,41,42)(H,44,45)/t28-/m0/s1. The van der Waals surface area contributed by atoms with Gasteiger partial charge in [0, 0.05) is 5.38 Å². The van der Waals surface area contributed by atoms with Gasteiger partial charge < -0.3 is 20.0 Å². The molecule has 1 aromatic heterocycles. The van der Waals surface area contributed by atoms with E-state index in [1.807, 2.05) is 152 Å². The maximum absolute atomic E-state index is 13.2. The lowest BCUT2D eigenvalue weighted by molar-refractivity contribution is -0.160. The molecule has 49 heavy (non-hydrogen) atoms. The predicted molar refractivity (Wildman–Crippen MR) is 190 cm³/mol. The van der Waals surface area contributed by atoms with Crippen LogP contribution in [0.25, 0.3) is 0 Å². The number of carboxylic acid groups (broad SMARTS) is 1. The second kappa shape index (κ2) is 15.2. The van der Waals surface area contributed by atoms with Crippen LogP contribution in [0.15, 0.2) is 162 Å². The molecular weight excluding hydrogens is 635 g/mol. The largest absolute Gasteiger partial charge is 0.476 e. The van der Waals surface area contributed by atoms with E-state index in [2.05, 4.69) is 15.5 Å². The first-order valence-corrected chi connectivity index (χ1v) is 16.5. The minimum Gasteiger partial charge on any atom is -0.476 e. The summed E-state index contributed by atoms with van der Waals surface area (Å²) in [6, 6.07) is 48.7. The maximum atomic E-state index is 13.2. The molecule has 0 fully saturated rings. The van der Waals surface area contributed by atoms with E-state index in [9.17, 15) is 14.7 Å². The van der Waals surface area contributed by atoms with Crippen molar-refractivity contribution in [2.45, 2.75) is 24.7 Å². The number of aliphatic carboxylic acids is 1. The minimum absolute atomic E-state index is 0.0788. The molecule has 6 aromatic rings. The molecule has 0 aliphatic carbocycles.